The Morgan fingerprint density at radius 2 is 2.05 bits per heavy atom. The summed E-state index contributed by atoms with van der Waals surface area (Å²) in [5.41, 5.74) is -0.169. The molecule has 0 saturated carbocycles. The van der Waals surface area contributed by atoms with Gasteiger partial charge in [-0.05, 0) is 38.8 Å². The molecule has 2 heterocycles. The summed E-state index contributed by atoms with van der Waals surface area (Å²) in [6.07, 6.45) is 3.49. The number of aliphatic hydroxyl groups excluding tert-OH is 1. The van der Waals surface area contributed by atoms with Crippen LogP contribution in [0.3, 0.4) is 0 Å². The van der Waals surface area contributed by atoms with Crippen LogP contribution in [0.1, 0.15) is 39.5 Å². The van der Waals surface area contributed by atoms with E-state index in [0.29, 0.717) is 31.8 Å². The van der Waals surface area contributed by atoms with Gasteiger partial charge in [0.25, 0.3) is 0 Å². The van der Waals surface area contributed by atoms with Crippen molar-refractivity contribution in [3.8, 4) is 0 Å². The molecule has 0 radical (unpaired) electrons. The molecular formula is C15H28N2O2. The van der Waals surface area contributed by atoms with Gasteiger partial charge in [0.1, 0.15) is 0 Å². The summed E-state index contributed by atoms with van der Waals surface area (Å²) in [5, 5.41) is 9.95. The van der Waals surface area contributed by atoms with Crippen molar-refractivity contribution in [1.29, 1.82) is 0 Å². The molecule has 1 N–H and O–H groups in total. The minimum absolute atomic E-state index is 0.169. The Labute approximate surface area is 116 Å². The molecule has 2 atom stereocenters. The molecule has 19 heavy (non-hydrogen) atoms. The van der Waals surface area contributed by atoms with Crippen molar-refractivity contribution < 1.29 is 9.90 Å². The van der Waals surface area contributed by atoms with Gasteiger partial charge in [-0.1, -0.05) is 13.8 Å². The fourth-order valence-corrected chi connectivity index (χ4v) is 3.37. The van der Waals surface area contributed by atoms with Gasteiger partial charge in [-0.3, -0.25) is 4.79 Å². The van der Waals surface area contributed by atoms with E-state index in [-0.39, 0.29) is 17.4 Å². The topological polar surface area (TPSA) is 43.8 Å². The van der Waals surface area contributed by atoms with Crippen LogP contribution in [-0.2, 0) is 4.79 Å². The van der Waals surface area contributed by atoms with Crippen LogP contribution in [0.15, 0.2) is 0 Å². The van der Waals surface area contributed by atoms with Crippen molar-refractivity contribution in [2.45, 2.75) is 45.6 Å². The zero-order valence-electron chi connectivity index (χ0n) is 12.6. The molecular weight excluding hydrogens is 240 g/mol. The van der Waals surface area contributed by atoms with Crippen LogP contribution in [-0.4, -0.2) is 60.1 Å². The number of aliphatic hydroxyl groups is 1. The zero-order chi connectivity index (χ0) is 14.0. The summed E-state index contributed by atoms with van der Waals surface area (Å²) < 4.78 is 0. The molecule has 2 fully saturated rings. The highest BCUT2D eigenvalue weighted by Gasteiger charge is 2.36. The summed E-state index contributed by atoms with van der Waals surface area (Å²) in [6, 6.07) is 0. The smallest absolute Gasteiger partial charge is 0.222 e. The number of hydrogen-bond acceptors (Lipinski definition) is 3. The molecule has 2 aliphatic heterocycles. The minimum atomic E-state index is -0.280. The lowest BCUT2D eigenvalue weighted by atomic mass is 9.81. The summed E-state index contributed by atoms with van der Waals surface area (Å²) in [6.45, 7) is 7.71. The van der Waals surface area contributed by atoms with Gasteiger partial charge in [0.15, 0.2) is 0 Å². The first kappa shape index (κ1) is 14.8. The van der Waals surface area contributed by atoms with E-state index in [2.05, 4.69) is 11.9 Å². The van der Waals surface area contributed by atoms with Crippen LogP contribution < -0.4 is 0 Å². The maximum Gasteiger partial charge on any atom is 0.222 e. The monoisotopic (exact) mass is 268 g/mol. The van der Waals surface area contributed by atoms with Crippen molar-refractivity contribution in [3.05, 3.63) is 0 Å². The van der Waals surface area contributed by atoms with Crippen molar-refractivity contribution >= 4 is 5.91 Å². The van der Waals surface area contributed by atoms with Crippen molar-refractivity contribution in [3.63, 3.8) is 0 Å². The molecule has 0 spiro atoms. The van der Waals surface area contributed by atoms with E-state index in [1.54, 1.807) is 0 Å². The molecule has 0 aromatic rings. The number of hydrogen-bond donors (Lipinski definition) is 1. The lowest BCUT2D eigenvalue weighted by molar-refractivity contribution is -0.139. The number of carbonyl (C=O) groups is 1. The van der Waals surface area contributed by atoms with Gasteiger partial charge in [0.05, 0.1) is 6.10 Å². The number of rotatable bonds is 2. The Balaban J connectivity index is 1.86. The maximum absolute atomic E-state index is 12.4. The van der Waals surface area contributed by atoms with Gasteiger partial charge < -0.3 is 14.9 Å². The van der Waals surface area contributed by atoms with Crippen LogP contribution in [0.5, 0.6) is 0 Å². The maximum atomic E-state index is 12.4. The van der Waals surface area contributed by atoms with Gasteiger partial charge >= 0.3 is 0 Å². The van der Waals surface area contributed by atoms with E-state index in [4.69, 9.17) is 0 Å². The second-order valence-corrected chi connectivity index (χ2v) is 7.08. The average Bonchev–Trinajstić information content (AvgIpc) is 2.32. The first-order chi connectivity index (χ1) is 8.88. The third kappa shape index (κ3) is 3.69. The van der Waals surface area contributed by atoms with Gasteiger partial charge in [-0.2, -0.15) is 0 Å². The summed E-state index contributed by atoms with van der Waals surface area (Å²) in [7, 11) is 2.14. The fraction of sp³-hybridized carbons (Fsp3) is 0.933. The summed E-state index contributed by atoms with van der Waals surface area (Å²) >= 11 is 0. The average molecular weight is 268 g/mol. The Bertz CT molecular complexity index is 330. The van der Waals surface area contributed by atoms with Gasteiger partial charge in [-0.25, -0.2) is 0 Å². The summed E-state index contributed by atoms with van der Waals surface area (Å²) in [5.74, 6) is 0.793. The van der Waals surface area contributed by atoms with Crippen molar-refractivity contribution in [1.82, 2.24) is 9.80 Å². The second kappa shape index (κ2) is 5.80. The standard InChI is InChI=1S/C15H28N2O2/c1-15(2)11-17(8-6-13(15)18)14(19)9-12-5-4-7-16(3)10-12/h12-13,18H,4-11H2,1-3H3. The molecule has 0 aliphatic carbocycles. The molecule has 2 saturated heterocycles. The van der Waals surface area contributed by atoms with Crippen molar-refractivity contribution in [2.75, 3.05) is 33.2 Å². The van der Waals surface area contributed by atoms with Crippen LogP contribution >= 0.6 is 0 Å². The number of piperidine rings is 2. The lowest BCUT2D eigenvalue weighted by Gasteiger charge is -2.42. The molecule has 2 unspecified atom stereocenters. The van der Waals surface area contributed by atoms with Gasteiger partial charge in [0.2, 0.25) is 5.91 Å². The lowest BCUT2D eigenvalue weighted by Crippen LogP contribution is -2.51. The highest BCUT2D eigenvalue weighted by molar-refractivity contribution is 5.76. The molecule has 4 nitrogen and oxygen atoms in total. The second-order valence-electron chi connectivity index (χ2n) is 7.08. The van der Waals surface area contributed by atoms with E-state index >= 15 is 0 Å². The number of nitrogens with zero attached hydrogens (tertiary/aromatic N) is 2. The first-order valence-electron chi connectivity index (χ1n) is 7.53. The third-order valence-electron chi connectivity index (χ3n) is 4.71. The number of carbonyl (C=O) groups excluding carboxylic acids is 1. The van der Waals surface area contributed by atoms with E-state index in [1.807, 2.05) is 18.7 Å². The molecule has 0 aromatic heterocycles. The van der Waals surface area contributed by atoms with E-state index in [9.17, 15) is 9.90 Å². The van der Waals surface area contributed by atoms with Crippen LogP contribution in [0.4, 0.5) is 0 Å². The van der Waals surface area contributed by atoms with Crippen LogP contribution in [0.25, 0.3) is 0 Å². The van der Waals surface area contributed by atoms with Crippen LogP contribution in [0, 0.1) is 11.3 Å². The quantitative estimate of drug-likeness (QED) is 0.822. The number of likely N-dealkylation sites (tertiary alicyclic amines) is 2. The predicted molar refractivity (Wildman–Crippen MR) is 75.8 cm³/mol. The largest absolute Gasteiger partial charge is 0.392 e. The molecule has 0 bridgehead atoms. The molecule has 110 valence electrons. The minimum Gasteiger partial charge on any atom is -0.392 e. The van der Waals surface area contributed by atoms with E-state index < -0.39 is 0 Å². The fourth-order valence-electron chi connectivity index (χ4n) is 3.37. The Kier molecular flexibility index (Phi) is 4.51. The number of amides is 1. The molecule has 0 aromatic carbocycles. The summed E-state index contributed by atoms with van der Waals surface area (Å²) in [4.78, 5) is 16.7. The highest BCUT2D eigenvalue weighted by atomic mass is 16.3. The van der Waals surface area contributed by atoms with Gasteiger partial charge in [0, 0.05) is 31.5 Å². The molecule has 2 aliphatic rings. The molecule has 1 amide bonds. The SMILES string of the molecule is CN1CCCC(CC(=O)N2CCC(O)C(C)(C)C2)C1. The normalized spacial score (nSPS) is 32.3. The van der Waals surface area contributed by atoms with E-state index in [1.165, 1.54) is 12.8 Å². The Morgan fingerprint density at radius 3 is 2.68 bits per heavy atom. The first-order valence-corrected chi connectivity index (χ1v) is 7.53. The zero-order valence-corrected chi connectivity index (χ0v) is 12.6. The van der Waals surface area contributed by atoms with Gasteiger partial charge in [-0.15, -0.1) is 0 Å². The molecule has 2 rings (SSSR count). The Hall–Kier alpha value is -0.610. The Morgan fingerprint density at radius 1 is 1.32 bits per heavy atom. The predicted octanol–water partition coefficient (Wildman–Crippen LogP) is 1.34. The van der Waals surface area contributed by atoms with E-state index in [0.717, 1.165) is 13.1 Å². The molecule has 4 heteroatoms. The van der Waals surface area contributed by atoms with Crippen molar-refractivity contribution in [2.24, 2.45) is 11.3 Å². The third-order valence-corrected chi connectivity index (χ3v) is 4.71. The highest BCUT2D eigenvalue weighted by Crippen LogP contribution is 2.30. The van der Waals surface area contributed by atoms with Crippen LogP contribution in [0.2, 0.25) is 0 Å².